The van der Waals surface area contributed by atoms with E-state index in [-0.39, 0.29) is 17.3 Å². The number of amides is 1. The Balaban J connectivity index is 2.66. The molecule has 0 saturated heterocycles. The van der Waals surface area contributed by atoms with Crippen molar-refractivity contribution in [3.8, 4) is 5.75 Å². The highest BCUT2D eigenvalue weighted by Gasteiger charge is 2.17. The summed E-state index contributed by atoms with van der Waals surface area (Å²) < 4.78 is 23.7. The first-order valence-electron chi connectivity index (χ1n) is 5.63. The molecule has 0 fully saturated rings. The Bertz CT molecular complexity index is 434. The largest absolute Gasteiger partial charge is 0.478 e. The van der Waals surface area contributed by atoms with Gasteiger partial charge in [-0.05, 0) is 28.9 Å². The second-order valence-electron chi connectivity index (χ2n) is 3.85. The van der Waals surface area contributed by atoms with Crippen LogP contribution in [0, 0.1) is 5.82 Å². The summed E-state index contributed by atoms with van der Waals surface area (Å²) in [6.07, 6.45) is -0.749. The minimum absolute atomic E-state index is 0.128. The number of ether oxygens (including phenoxy) is 2. The quantitative estimate of drug-likeness (QED) is 0.613. The van der Waals surface area contributed by atoms with Gasteiger partial charge in [-0.2, -0.15) is 0 Å². The Morgan fingerprint density at radius 3 is 2.84 bits per heavy atom. The lowest BCUT2D eigenvalue weighted by atomic mass is 10.3. The molecular formula is C12H16BrFN2O3. The van der Waals surface area contributed by atoms with E-state index in [4.69, 9.17) is 15.2 Å². The van der Waals surface area contributed by atoms with Gasteiger partial charge in [-0.15, -0.1) is 0 Å². The van der Waals surface area contributed by atoms with Crippen LogP contribution in [-0.4, -0.2) is 32.3 Å². The van der Waals surface area contributed by atoms with E-state index in [1.807, 2.05) is 0 Å². The zero-order valence-electron chi connectivity index (χ0n) is 10.7. The van der Waals surface area contributed by atoms with Crippen LogP contribution in [0.5, 0.6) is 5.75 Å². The lowest BCUT2D eigenvalue weighted by molar-refractivity contribution is -0.127. The fourth-order valence-electron chi connectivity index (χ4n) is 1.35. The minimum Gasteiger partial charge on any atom is -0.478 e. The zero-order valence-corrected chi connectivity index (χ0v) is 12.3. The Labute approximate surface area is 119 Å². The molecule has 1 unspecified atom stereocenters. The van der Waals surface area contributed by atoms with Gasteiger partial charge in [-0.25, -0.2) is 4.39 Å². The standard InChI is InChI=1S/C12H16BrFN2O3/c1-7(12(17)16-3-4-18-2)19-11-9(13)5-8(14)6-10(11)15/h5-7H,3-4,15H2,1-2H3,(H,16,17). The minimum atomic E-state index is -0.749. The van der Waals surface area contributed by atoms with E-state index in [1.54, 1.807) is 14.0 Å². The maximum atomic E-state index is 13.1. The molecule has 1 atom stereocenters. The van der Waals surface area contributed by atoms with Gasteiger partial charge in [0.25, 0.3) is 5.91 Å². The van der Waals surface area contributed by atoms with Crippen LogP contribution in [0.4, 0.5) is 10.1 Å². The van der Waals surface area contributed by atoms with Gasteiger partial charge in [0.15, 0.2) is 11.9 Å². The van der Waals surface area contributed by atoms with E-state index < -0.39 is 11.9 Å². The number of hydrogen-bond acceptors (Lipinski definition) is 4. The van der Waals surface area contributed by atoms with Gasteiger partial charge >= 0.3 is 0 Å². The number of hydrogen-bond donors (Lipinski definition) is 2. The molecule has 0 spiro atoms. The number of nitrogens with one attached hydrogen (secondary N) is 1. The highest BCUT2D eigenvalue weighted by molar-refractivity contribution is 9.10. The molecule has 1 aromatic carbocycles. The Morgan fingerprint density at radius 2 is 2.26 bits per heavy atom. The van der Waals surface area contributed by atoms with Crippen LogP contribution in [0.2, 0.25) is 0 Å². The summed E-state index contributed by atoms with van der Waals surface area (Å²) in [7, 11) is 1.54. The number of rotatable bonds is 6. The first-order chi connectivity index (χ1) is 8.95. The average Bonchev–Trinajstić information content (AvgIpc) is 2.33. The van der Waals surface area contributed by atoms with Crippen molar-refractivity contribution in [2.45, 2.75) is 13.0 Å². The van der Waals surface area contributed by atoms with E-state index in [0.29, 0.717) is 17.6 Å². The second-order valence-corrected chi connectivity index (χ2v) is 4.70. The zero-order chi connectivity index (χ0) is 14.4. The first kappa shape index (κ1) is 15.7. The number of benzene rings is 1. The van der Waals surface area contributed by atoms with Gasteiger partial charge < -0.3 is 20.5 Å². The molecule has 3 N–H and O–H groups in total. The van der Waals surface area contributed by atoms with Crippen molar-refractivity contribution < 1.29 is 18.7 Å². The predicted molar refractivity (Wildman–Crippen MR) is 73.5 cm³/mol. The number of nitrogen functional groups attached to an aromatic ring is 1. The molecule has 0 aromatic heterocycles. The van der Waals surface area contributed by atoms with Crippen molar-refractivity contribution in [3.05, 3.63) is 22.4 Å². The van der Waals surface area contributed by atoms with Crippen LogP contribution in [0.1, 0.15) is 6.92 Å². The van der Waals surface area contributed by atoms with Crippen molar-refractivity contribution in [1.29, 1.82) is 0 Å². The maximum absolute atomic E-state index is 13.1. The van der Waals surface area contributed by atoms with Crippen molar-refractivity contribution in [1.82, 2.24) is 5.32 Å². The predicted octanol–water partition coefficient (Wildman–Crippen LogP) is 1.70. The number of anilines is 1. The lowest BCUT2D eigenvalue weighted by Gasteiger charge is -2.17. The number of carbonyl (C=O) groups excluding carboxylic acids is 1. The Morgan fingerprint density at radius 1 is 1.58 bits per heavy atom. The molecule has 0 radical (unpaired) electrons. The van der Waals surface area contributed by atoms with Crippen LogP contribution < -0.4 is 15.8 Å². The summed E-state index contributed by atoms with van der Waals surface area (Å²) in [5.41, 5.74) is 5.77. The SMILES string of the molecule is COCCNC(=O)C(C)Oc1c(N)cc(F)cc1Br. The summed E-state index contributed by atoms with van der Waals surface area (Å²) in [6, 6.07) is 2.36. The average molecular weight is 335 g/mol. The third-order valence-corrected chi connectivity index (χ3v) is 2.90. The van der Waals surface area contributed by atoms with E-state index >= 15 is 0 Å². The van der Waals surface area contributed by atoms with Gasteiger partial charge in [0, 0.05) is 19.7 Å². The van der Waals surface area contributed by atoms with E-state index in [2.05, 4.69) is 21.2 Å². The molecule has 0 aliphatic heterocycles. The fourth-order valence-corrected chi connectivity index (χ4v) is 1.90. The highest BCUT2D eigenvalue weighted by atomic mass is 79.9. The third kappa shape index (κ3) is 4.68. The molecular weight excluding hydrogens is 319 g/mol. The first-order valence-corrected chi connectivity index (χ1v) is 6.42. The molecule has 0 aliphatic rings. The van der Waals surface area contributed by atoms with Crippen molar-refractivity contribution in [3.63, 3.8) is 0 Å². The molecule has 0 heterocycles. The summed E-state index contributed by atoms with van der Waals surface area (Å²) in [4.78, 5) is 11.7. The van der Waals surface area contributed by atoms with E-state index in [0.717, 1.165) is 6.07 Å². The van der Waals surface area contributed by atoms with Gasteiger partial charge in [0.1, 0.15) is 5.82 Å². The summed E-state index contributed by atoms with van der Waals surface area (Å²) in [5, 5.41) is 2.63. The molecule has 0 bridgehead atoms. The van der Waals surface area contributed by atoms with Crippen LogP contribution >= 0.6 is 15.9 Å². The van der Waals surface area contributed by atoms with E-state index in [9.17, 15) is 9.18 Å². The molecule has 1 aromatic rings. The monoisotopic (exact) mass is 334 g/mol. The van der Waals surface area contributed by atoms with Crippen molar-refractivity contribution in [2.24, 2.45) is 0 Å². The number of nitrogens with two attached hydrogens (primary N) is 1. The number of halogens is 2. The number of methoxy groups -OCH3 is 1. The molecule has 19 heavy (non-hydrogen) atoms. The van der Waals surface area contributed by atoms with Gasteiger partial charge in [0.05, 0.1) is 16.8 Å². The summed E-state index contributed by atoms with van der Waals surface area (Å²) in [5.74, 6) is -0.530. The fraction of sp³-hybridized carbons (Fsp3) is 0.417. The molecule has 106 valence electrons. The number of carbonyl (C=O) groups is 1. The summed E-state index contributed by atoms with van der Waals surface area (Å²) in [6.45, 7) is 2.39. The highest BCUT2D eigenvalue weighted by Crippen LogP contribution is 2.33. The molecule has 0 aliphatic carbocycles. The van der Waals surface area contributed by atoms with Crippen LogP contribution in [0.25, 0.3) is 0 Å². The molecule has 1 rings (SSSR count). The molecule has 7 heteroatoms. The van der Waals surface area contributed by atoms with Crippen LogP contribution in [0.15, 0.2) is 16.6 Å². The summed E-state index contributed by atoms with van der Waals surface area (Å²) >= 11 is 3.14. The van der Waals surface area contributed by atoms with Crippen LogP contribution in [-0.2, 0) is 9.53 Å². The smallest absolute Gasteiger partial charge is 0.260 e. The molecule has 5 nitrogen and oxygen atoms in total. The van der Waals surface area contributed by atoms with Crippen molar-refractivity contribution >= 4 is 27.5 Å². The normalized spacial score (nSPS) is 12.0. The van der Waals surface area contributed by atoms with Crippen LogP contribution in [0.3, 0.4) is 0 Å². The topological polar surface area (TPSA) is 73.6 Å². The van der Waals surface area contributed by atoms with Gasteiger partial charge in [-0.3, -0.25) is 4.79 Å². The van der Waals surface area contributed by atoms with E-state index in [1.165, 1.54) is 6.07 Å². The van der Waals surface area contributed by atoms with Gasteiger partial charge in [-0.1, -0.05) is 0 Å². The maximum Gasteiger partial charge on any atom is 0.260 e. The Hall–Kier alpha value is -1.34. The van der Waals surface area contributed by atoms with Gasteiger partial charge in [0.2, 0.25) is 0 Å². The second kappa shape index (κ2) is 7.30. The molecule has 0 saturated carbocycles. The lowest BCUT2D eigenvalue weighted by Crippen LogP contribution is -2.38. The Kier molecular flexibility index (Phi) is 6.04. The van der Waals surface area contributed by atoms with Crippen molar-refractivity contribution in [2.75, 3.05) is 26.0 Å². The molecule has 1 amide bonds. The third-order valence-electron chi connectivity index (χ3n) is 2.31.